The van der Waals surface area contributed by atoms with E-state index in [1.54, 1.807) is 11.6 Å². The molecule has 4 rings (SSSR count). The Hall–Kier alpha value is -3.54. The Labute approximate surface area is 157 Å². The molecule has 0 amide bonds. The molecule has 2 aromatic heterocycles. The molecule has 4 aromatic rings. The van der Waals surface area contributed by atoms with Crippen molar-refractivity contribution < 1.29 is 9.47 Å². The van der Waals surface area contributed by atoms with Gasteiger partial charge in [-0.15, -0.1) is 0 Å². The molecule has 0 spiro atoms. The summed E-state index contributed by atoms with van der Waals surface area (Å²) in [4.78, 5) is 4.61. The number of benzene rings is 2. The van der Waals surface area contributed by atoms with Gasteiger partial charge >= 0.3 is 0 Å². The van der Waals surface area contributed by atoms with Crippen molar-refractivity contribution >= 4 is 11.5 Å². The van der Waals surface area contributed by atoms with Gasteiger partial charge in [0.05, 0.1) is 19.3 Å². The Morgan fingerprint density at radius 3 is 2.67 bits per heavy atom. The number of methoxy groups -OCH3 is 1. The molecular formula is C21H20N4O2. The molecule has 136 valence electrons. The van der Waals surface area contributed by atoms with E-state index in [4.69, 9.17) is 9.47 Å². The van der Waals surface area contributed by atoms with Crippen molar-refractivity contribution in [3.8, 4) is 22.8 Å². The van der Waals surface area contributed by atoms with Gasteiger partial charge in [-0.25, -0.2) is 9.50 Å². The van der Waals surface area contributed by atoms with Crippen LogP contribution in [0.5, 0.6) is 11.5 Å². The van der Waals surface area contributed by atoms with Crippen LogP contribution >= 0.6 is 0 Å². The Morgan fingerprint density at radius 2 is 1.81 bits per heavy atom. The van der Waals surface area contributed by atoms with E-state index >= 15 is 0 Å². The molecule has 6 heteroatoms. The van der Waals surface area contributed by atoms with Crippen molar-refractivity contribution in [2.75, 3.05) is 25.6 Å². The minimum Gasteiger partial charge on any atom is -0.496 e. The first-order chi connectivity index (χ1) is 13.3. The zero-order valence-corrected chi connectivity index (χ0v) is 15.0. The predicted molar refractivity (Wildman–Crippen MR) is 105 cm³/mol. The molecule has 0 saturated heterocycles. The molecule has 0 aliphatic rings. The normalized spacial score (nSPS) is 10.7. The first-order valence-corrected chi connectivity index (χ1v) is 8.75. The summed E-state index contributed by atoms with van der Waals surface area (Å²) in [6.45, 7) is 1.22. The van der Waals surface area contributed by atoms with Crippen LogP contribution in [0.2, 0.25) is 0 Å². The lowest BCUT2D eigenvalue weighted by Crippen LogP contribution is -2.12. The van der Waals surface area contributed by atoms with Crippen LogP contribution in [0.25, 0.3) is 16.9 Å². The van der Waals surface area contributed by atoms with Gasteiger partial charge in [0.25, 0.3) is 0 Å². The fourth-order valence-electron chi connectivity index (χ4n) is 2.83. The van der Waals surface area contributed by atoms with Crippen LogP contribution in [0.15, 0.2) is 72.9 Å². The third-order valence-corrected chi connectivity index (χ3v) is 4.13. The van der Waals surface area contributed by atoms with E-state index in [9.17, 15) is 0 Å². The molecule has 2 aromatic carbocycles. The Bertz CT molecular complexity index is 1030. The van der Waals surface area contributed by atoms with Crippen molar-refractivity contribution in [2.24, 2.45) is 0 Å². The minimum atomic E-state index is 0.558. The fraction of sp³-hybridized carbons (Fsp3) is 0.143. The number of para-hydroxylation sites is 2. The van der Waals surface area contributed by atoms with Crippen molar-refractivity contribution in [1.82, 2.24) is 14.6 Å². The van der Waals surface area contributed by atoms with Gasteiger partial charge in [-0.2, -0.15) is 5.10 Å². The largest absolute Gasteiger partial charge is 0.496 e. The minimum absolute atomic E-state index is 0.558. The van der Waals surface area contributed by atoms with Crippen LogP contribution in [0.4, 0.5) is 5.82 Å². The molecule has 1 N–H and O–H groups in total. The summed E-state index contributed by atoms with van der Waals surface area (Å²) in [7, 11) is 1.66. The van der Waals surface area contributed by atoms with E-state index < -0.39 is 0 Å². The lowest BCUT2D eigenvalue weighted by atomic mass is 10.1. The van der Waals surface area contributed by atoms with Crippen LogP contribution in [0, 0.1) is 0 Å². The number of hydrogen-bond donors (Lipinski definition) is 1. The van der Waals surface area contributed by atoms with Gasteiger partial charge < -0.3 is 14.8 Å². The molecule has 0 saturated carbocycles. The van der Waals surface area contributed by atoms with Crippen molar-refractivity contribution in [3.63, 3.8) is 0 Å². The molecule has 0 fully saturated rings. The first kappa shape index (κ1) is 16.9. The van der Waals surface area contributed by atoms with E-state index in [1.807, 2.05) is 72.9 Å². The molecule has 0 aliphatic heterocycles. The third-order valence-electron chi connectivity index (χ3n) is 4.13. The summed E-state index contributed by atoms with van der Waals surface area (Å²) >= 11 is 0. The molecule has 6 nitrogen and oxygen atoms in total. The average molecular weight is 360 g/mol. The van der Waals surface area contributed by atoms with Gasteiger partial charge in [0.1, 0.15) is 23.9 Å². The topological polar surface area (TPSA) is 60.7 Å². The van der Waals surface area contributed by atoms with Crippen molar-refractivity contribution in [3.05, 3.63) is 72.9 Å². The number of fused-ring (bicyclic) bond motifs is 1. The zero-order valence-electron chi connectivity index (χ0n) is 15.0. The molecule has 0 radical (unpaired) electrons. The summed E-state index contributed by atoms with van der Waals surface area (Å²) < 4.78 is 12.9. The summed E-state index contributed by atoms with van der Waals surface area (Å²) in [6.07, 6.45) is 1.89. The molecule has 0 aliphatic carbocycles. The number of hydrogen-bond acceptors (Lipinski definition) is 5. The van der Waals surface area contributed by atoms with Crippen molar-refractivity contribution in [2.45, 2.75) is 0 Å². The summed E-state index contributed by atoms with van der Waals surface area (Å²) in [5, 5.41) is 7.87. The maximum atomic E-state index is 5.68. The first-order valence-electron chi connectivity index (χ1n) is 8.75. The van der Waals surface area contributed by atoms with Gasteiger partial charge in [-0.3, -0.25) is 0 Å². The van der Waals surface area contributed by atoms with E-state index in [0.717, 1.165) is 34.2 Å². The van der Waals surface area contributed by atoms with Crippen molar-refractivity contribution in [1.29, 1.82) is 0 Å². The average Bonchev–Trinajstić information content (AvgIpc) is 3.15. The monoisotopic (exact) mass is 360 g/mol. The predicted octanol–water partition coefficient (Wildman–Crippen LogP) is 3.90. The van der Waals surface area contributed by atoms with E-state index in [0.29, 0.717) is 13.2 Å². The highest BCUT2D eigenvalue weighted by Gasteiger charge is 2.10. The number of anilines is 1. The molecule has 27 heavy (non-hydrogen) atoms. The van der Waals surface area contributed by atoms with Gasteiger partial charge in [0.2, 0.25) is 0 Å². The summed E-state index contributed by atoms with van der Waals surface area (Å²) in [5.74, 6) is 2.43. The van der Waals surface area contributed by atoms with Crippen LogP contribution in [0.1, 0.15) is 0 Å². The van der Waals surface area contributed by atoms with E-state index in [-0.39, 0.29) is 0 Å². The number of ether oxygens (including phenoxy) is 2. The third kappa shape index (κ3) is 3.84. The molecule has 0 bridgehead atoms. The lowest BCUT2D eigenvalue weighted by molar-refractivity contribution is 0.333. The smallest absolute Gasteiger partial charge is 0.157 e. The van der Waals surface area contributed by atoms with Gasteiger partial charge in [-0.1, -0.05) is 30.3 Å². The molecule has 0 unspecified atom stereocenters. The summed E-state index contributed by atoms with van der Waals surface area (Å²) in [5.41, 5.74) is 2.53. The van der Waals surface area contributed by atoms with Gasteiger partial charge in [0.15, 0.2) is 5.65 Å². The highest BCUT2D eigenvalue weighted by molar-refractivity contribution is 5.70. The maximum absolute atomic E-state index is 5.68. The van der Waals surface area contributed by atoms with E-state index in [2.05, 4.69) is 15.4 Å². The second-order valence-corrected chi connectivity index (χ2v) is 5.93. The zero-order chi connectivity index (χ0) is 18.5. The summed E-state index contributed by atoms with van der Waals surface area (Å²) in [6, 6.07) is 21.4. The van der Waals surface area contributed by atoms with Crippen LogP contribution in [-0.2, 0) is 0 Å². The molecular weight excluding hydrogens is 340 g/mol. The highest BCUT2D eigenvalue weighted by atomic mass is 16.5. The molecule has 0 atom stereocenters. The number of nitrogens with zero attached hydrogens (tertiary/aromatic N) is 3. The second-order valence-electron chi connectivity index (χ2n) is 5.93. The highest BCUT2D eigenvalue weighted by Crippen LogP contribution is 2.29. The Balaban J connectivity index is 1.45. The number of aromatic nitrogens is 3. The quantitative estimate of drug-likeness (QED) is 0.507. The standard InChI is InChI=1S/C21H20N4O2/c1-26-19-10-6-5-9-17(19)18-15-21-23-20(11-13-25(21)24-18)22-12-14-27-16-7-3-2-4-8-16/h2-11,13,15H,12,14H2,1H3,(H,22,23). The number of nitrogens with one attached hydrogen (secondary N) is 1. The SMILES string of the molecule is COc1ccccc1-c1cc2nc(NCCOc3ccccc3)ccn2n1. The van der Waals surface area contributed by atoms with Crippen LogP contribution in [-0.4, -0.2) is 34.9 Å². The number of rotatable bonds is 7. The second kappa shape index (κ2) is 7.78. The van der Waals surface area contributed by atoms with Gasteiger partial charge in [0, 0.05) is 17.8 Å². The maximum Gasteiger partial charge on any atom is 0.157 e. The lowest BCUT2D eigenvalue weighted by Gasteiger charge is -2.08. The Morgan fingerprint density at radius 1 is 1.00 bits per heavy atom. The van der Waals surface area contributed by atoms with Crippen LogP contribution in [0.3, 0.4) is 0 Å². The molecule has 2 heterocycles. The Kier molecular flexibility index (Phi) is 4.87. The van der Waals surface area contributed by atoms with Crippen LogP contribution < -0.4 is 14.8 Å². The van der Waals surface area contributed by atoms with E-state index in [1.165, 1.54) is 0 Å². The van der Waals surface area contributed by atoms with Gasteiger partial charge in [-0.05, 0) is 30.3 Å². The fourth-order valence-corrected chi connectivity index (χ4v) is 2.83.